The molecule has 0 radical (unpaired) electrons. The summed E-state index contributed by atoms with van der Waals surface area (Å²) in [6.45, 7) is 7.58. The van der Waals surface area contributed by atoms with Crippen LogP contribution in [0.5, 0.6) is 0 Å². The number of carbonyl (C=O) groups is 2. The second kappa shape index (κ2) is 14.0. The third-order valence-electron chi connectivity index (χ3n) is 6.36. The van der Waals surface area contributed by atoms with Crippen molar-refractivity contribution < 1.29 is 18.0 Å². The van der Waals surface area contributed by atoms with Crippen LogP contribution < -0.4 is 9.62 Å². The summed E-state index contributed by atoms with van der Waals surface area (Å²) in [5.41, 5.74) is 1.87. The van der Waals surface area contributed by atoms with E-state index in [2.05, 4.69) is 5.32 Å². The van der Waals surface area contributed by atoms with Gasteiger partial charge in [-0.3, -0.25) is 13.9 Å². The summed E-state index contributed by atoms with van der Waals surface area (Å²) in [5.74, 6) is -0.649. The predicted octanol–water partition coefficient (Wildman–Crippen LogP) is 6.08. The van der Waals surface area contributed by atoms with Crippen LogP contribution in [0.1, 0.15) is 38.3 Å². The Morgan fingerprint density at radius 1 is 0.950 bits per heavy atom. The largest absolute Gasteiger partial charge is 0.354 e. The molecule has 3 rings (SSSR count). The minimum Gasteiger partial charge on any atom is -0.354 e. The molecule has 0 bridgehead atoms. The predicted molar refractivity (Wildman–Crippen MR) is 161 cm³/mol. The van der Waals surface area contributed by atoms with Crippen LogP contribution in [-0.4, -0.2) is 44.3 Å². The lowest BCUT2D eigenvalue weighted by atomic mass is 10.1. The minimum atomic E-state index is -4.11. The van der Waals surface area contributed by atoms with E-state index in [1.165, 1.54) is 17.0 Å². The lowest BCUT2D eigenvalue weighted by molar-refractivity contribution is -0.140. The van der Waals surface area contributed by atoms with Gasteiger partial charge in [0.2, 0.25) is 11.8 Å². The first-order chi connectivity index (χ1) is 18.9. The van der Waals surface area contributed by atoms with Crippen LogP contribution >= 0.6 is 23.2 Å². The average molecular weight is 605 g/mol. The van der Waals surface area contributed by atoms with Crippen molar-refractivity contribution in [3.05, 3.63) is 94.0 Å². The highest BCUT2D eigenvalue weighted by Gasteiger charge is 2.34. The highest BCUT2D eigenvalue weighted by atomic mass is 35.5. The standard InChI is InChI=1S/C30H35Cl2N3O4S/c1-5-28(30(37)33-18-21(2)3)34(19-23-13-14-24(31)17-27(23)32)29(36)20-35(25-15-11-22(4)12-16-25)40(38,39)26-9-7-6-8-10-26/h6-17,21,28H,5,18-20H2,1-4H3,(H,33,37)/t28-/m1/s1. The molecule has 1 atom stereocenters. The van der Waals surface area contributed by atoms with Crippen molar-refractivity contribution in [1.29, 1.82) is 0 Å². The Bertz CT molecular complexity index is 1410. The highest BCUT2D eigenvalue weighted by Crippen LogP contribution is 2.27. The average Bonchev–Trinajstić information content (AvgIpc) is 2.92. The third-order valence-corrected chi connectivity index (χ3v) is 8.73. The minimum absolute atomic E-state index is 0.00440. The van der Waals surface area contributed by atoms with Gasteiger partial charge in [-0.2, -0.15) is 0 Å². The maximum Gasteiger partial charge on any atom is 0.264 e. The van der Waals surface area contributed by atoms with Crippen LogP contribution in [0.15, 0.2) is 77.7 Å². The van der Waals surface area contributed by atoms with Gasteiger partial charge in [-0.15, -0.1) is 0 Å². The molecule has 0 unspecified atom stereocenters. The first-order valence-electron chi connectivity index (χ1n) is 13.1. The first-order valence-corrected chi connectivity index (χ1v) is 15.3. The molecule has 0 heterocycles. The zero-order chi connectivity index (χ0) is 29.4. The third kappa shape index (κ3) is 7.99. The summed E-state index contributed by atoms with van der Waals surface area (Å²) in [6.07, 6.45) is 0.316. The molecule has 3 aromatic rings. The fraction of sp³-hybridized carbons (Fsp3) is 0.333. The summed E-state index contributed by atoms with van der Waals surface area (Å²) >= 11 is 12.5. The van der Waals surface area contributed by atoms with Crippen LogP contribution in [0.2, 0.25) is 10.0 Å². The number of sulfonamides is 1. The molecule has 0 aliphatic rings. The van der Waals surface area contributed by atoms with Crippen molar-refractivity contribution in [3.63, 3.8) is 0 Å². The molecule has 7 nitrogen and oxygen atoms in total. The quantitative estimate of drug-likeness (QED) is 0.272. The number of nitrogens with zero attached hydrogens (tertiary/aromatic N) is 2. The summed E-state index contributed by atoms with van der Waals surface area (Å²) < 4.78 is 28.7. The number of hydrogen-bond donors (Lipinski definition) is 1. The molecular weight excluding hydrogens is 569 g/mol. The van der Waals surface area contributed by atoms with Gasteiger partial charge in [0.05, 0.1) is 10.6 Å². The molecule has 0 saturated heterocycles. The maximum atomic E-state index is 14.1. The van der Waals surface area contributed by atoms with Crippen molar-refractivity contribution in [1.82, 2.24) is 10.2 Å². The van der Waals surface area contributed by atoms with E-state index in [1.807, 2.05) is 27.7 Å². The van der Waals surface area contributed by atoms with Crippen LogP contribution in [0.25, 0.3) is 0 Å². The van der Waals surface area contributed by atoms with Gasteiger partial charge in [0.15, 0.2) is 0 Å². The Labute approximate surface area is 247 Å². The van der Waals surface area contributed by atoms with Crippen LogP contribution in [-0.2, 0) is 26.2 Å². The van der Waals surface area contributed by atoms with Gasteiger partial charge in [0, 0.05) is 23.1 Å². The molecule has 0 fully saturated rings. The molecule has 0 aliphatic heterocycles. The van der Waals surface area contributed by atoms with Gasteiger partial charge in [-0.1, -0.05) is 85.9 Å². The van der Waals surface area contributed by atoms with E-state index in [4.69, 9.17) is 23.2 Å². The monoisotopic (exact) mass is 603 g/mol. The molecule has 0 saturated carbocycles. The maximum absolute atomic E-state index is 14.1. The Kier molecular flexibility index (Phi) is 11.0. The van der Waals surface area contributed by atoms with E-state index >= 15 is 0 Å². The molecule has 3 aromatic carbocycles. The van der Waals surface area contributed by atoms with Gasteiger partial charge in [0.25, 0.3) is 10.0 Å². The van der Waals surface area contributed by atoms with Crippen LogP contribution in [0, 0.1) is 12.8 Å². The number of carbonyl (C=O) groups excluding carboxylic acids is 2. The second-order valence-electron chi connectivity index (χ2n) is 9.98. The number of hydrogen-bond acceptors (Lipinski definition) is 4. The van der Waals surface area contributed by atoms with Gasteiger partial charge in [-0.05, 0) is 61.2 Å². The number of halogens is 2. The number of amides is 2. The van der Waals surface area contributed by atoms with E-state index in [0.717, 1.165) is 9.87 Å². The number of benzene rings is 3. The van der Waals surface area contributed by atoms with E-state index in [0.29, 0.717) is 34.3 Å². The number of aryl methyl sites for hydroxylation is 1. The number of anilines is 1. The van der Waals surface area contributed by atoms with Crippen LogP contribution in [0.4, 0.5) is 5.69 Å². The van der Waals surface area contributed by atoms with Crippen molar-refractivity contribution in [2.75, 3.05) is 17.4 Å². The number of rotatable bonds is 12. The molecule has 40 heavy (non-hydrogen) atoms. The molecule has 10 heteroatoms. The van der Waals surface area contributed by atoms with Gasteiger partial charge in [0.1, 0.15) is 12.6 Å². The molecule has 0 aromatic heterocycles. The fourth-order valence-electron chi connectivity index (χ4n) is 4.13. The lowest BCUT2D eigenvalue weighted by Crippen LogP contribution is -2.52. The van der Waals surface area contributed by atoms with Crippen LogP contribution in [0.3, 0.4) is 0 Å². The van der Waals surface area contributed by atoms with Crippen molar-refractivity contribution in [2.24, 2.45) is 5.92 Å². The van der Waals surface area contributed by atoms with E-state index in [9.17, 15) is 18.0 Å². The van der Waals surface area contributed by atoms with E-state index in [-0.39, 0.29) is 23.3 Å². The fourth-order valence-corrected chi connectivity index (χ4v) is 6.04. The molecule has 0 aliphatic carbocycles. The molecule has 1 N–H and O–H groups in total. The normalized spacial score (nSPS) is 12.2. The van der Waals surface area contributed by atoms with Crippen molar-refractivity contribution >= 4 is 50.7 Å². The van der Waals surface area contributed by atoms with Gasteiger partial charge >= 0.3 is 0 Å². The van der Waals surface area contributed by atoms with Crippen molar-refractivity contribution in [2.45, 2.75) is 51.6 Å². The summed E-state index contributed by atoms with van der Waals surface area (Å²) in [5, 5.41) is 3.69. The SMILES string of the molecule is CC[C@H](C(=O)NCC(C)C)N(Cc1ccc(Cl)cc1Cl)C(=O)CN(c1ccc(C)cc1)S(=O)(=O)c1ccccc1. The zero-order valence-electron chi connectivity index (χ0n) is 23.1. The second-order valence-corrected chi connectivity index (χ2v) is 12.7. The molecule has 0 spiro atoms. The Morgan fingerprint density at radius 2 is 1.60 bits per heavy atom. The molecular formula is C30H35Cl2N3O4S. The van der Waals surface area contributed by atoms with Crippen molar-refractivity contribution in [3.8, 4) is 0 Å². The molecule has 2 amide bonds. The molecule has 214 valence electrons. The Balaban J connectivity index is 2.05. The Hall–Kier alpha value is -3.07. The van der Waals surface area contributed by atoms with Gasteiger partial charge in [-0.25, -0.2) is 8.42 Å². The zero-order valence-corrected chi connectivity index (χ0v) is 25.4. The van der Waals surface area contributed by atoms with E-state index in [1.54, 1.807) is 60.7 Å². The van der Waals surface area contributed by atoms with Gasteiger partial charge < -0.3 is 10.2 Å². The smallest absolute Gasteiger partial charge is 0.264 e. The highest BCUT2D eigenvalue weighted by molar-refractivity contribution is 7.92. The van der Waals surface area contributed by atoms with E-state index < -0.39 is 28.5 Å². The lowest BCUT2D eigenvalue weighted by Gasteiger charge is -2.33. The topological polar surface area (TPSA) is 86.8 Å². The number of nitrogens with one attached hydrogen (secondary N) is 1. The first kappa shape index (κ1) is 31.5. The summed E-state index contributed by atoms with van der Waals surface area (Å²) in [6, 6.07) is 18.9. The summed E-state index contributed by atoms with van der Waals surface area (Å²) in [7, 11) is -4.11. The Morgan fingerprint density at radius 3 is 2.17 bits per heavy atom. The summed E-state index contributed by atoms with van der Waals surface area (Å²) in [4.78, 5) is 28.8.